The predicted octanol–water partition coefficient (Wildman–Crippen LogP) is 4.13. The molecule has 4 rings (SSSR count). The Kier molecular flexibility index (Phi) is 3.18. The van der Waals surface area contributed by atoms with Crippen molar-refractivity contribution >= 4 is 5.78 Å². The normalized spacial score (nSPS) is 54.3. The molecule has 0 spiro atoms. The first-order valence-corrected chi connectivity index (χ1v) is 9.28. The Hall–Kier alpha value is -0.630. The fourth-order valence-corrected chi connectivity index (χ4v) is 6.88. The summed E-state index contributed by atoms with van der Waals surface area (Å²) >= 11 is 0. The number of ketones is 1. The highest BCUT2D eigenvalue weighted by Crippen LogP contribution is 2.66. The van der Waals surface area contributed by atoms with Crippen LogP contribution in [0.1, 0.15) is 65.7 Å². The molecule has 1 N–H and O–H groups in total. The molecular formula is C20H30O2. The van der Waals surface area contributed by atoms with Gasteiger partial charge in [0.05, 0.1) is 6.10 Å². The van der Waals surface area contributed by atoms with Gasteiger partial charge in [-0.25, -0.2) is 0 Å². The second-order valence-corrected chi connectivity index (χ2v) is 9.16. The van der Waals surface area contributed by atoms with E-state index in [4.69, 9.17) is 0 Å². The first-order valence-electron chi connectivity index (χ1n) is 9.28. The number of fused-ring (bicyclic) bond motifs is 5. The summed E-state index contributed by atoms with van der Waals surface area (Å²) < 4.78 is 0. The minimum absolute atomic E-state index is 0.0941. The molecule has 0 aliphatic heterocycles. The van der Waals surface area contributed by atoms with Gasteiger partial charge in [-0.05, 0) is 79.1 Å². The zero-order valence-electron chi connectivity index (χ0n) is 14.3. The highest BCUT2D eigenvalue weighted by Gasteiger charge is 2.60. The van der Waals surface area contributed by atoms with Gasteiger partial charge in [0.2, 0.25) is 0 Å². The van der Waals surface area contributed by atoms with E-state index in [0.29, 0.717) is 17.6 Å². The number of aliphatic hydroxyl groups is 1. The SMILES string of the molecule is C[C@@H]1CC2=CC(=O)CC[C@]2(C)[C@H]2CC[C@]3(C)[C@@H](O)CC[C@H]3[C@H]12. The molecule has 0 saturated heterocycles. The molecule has 0 radical (unpaired) electrons. The third-order valence-electron chi connectivity index (χ3n) is 8.26. The van der Waals surface area contributed by atoms with Crippen LogP contribution in [-0.2, 0) is 4.79 Å². The molecule has 0 bridgehead atoms. The van der Waals surface area contributed by atoms with Crippen molar-refractivity contribution in [3.05, 3.63) is 11.6 Å². The molecule has 3 saturated carbocycles. The lowest BCUT2D eigenvalue weighted by molar-refractivity contribution is -0.119. The van der Waals surface area contributed by atoms with Crippen LogP contribution in [0, 0.1) is 34.5 Å². The number of rotatable bonds is 0. The summed E-state index contributed by atoms with van der Waals surface area (Å²) in [5.74, 6) is 3.15. The van der Waals surface area contributed by atoms with Crippen molar-refractivity contribution in [1.82, 2.24) is 0 Å². The standard InChI is InChI=1S/C20H30O2/c1-12-10-13-11-14(21)6-8-19(13,2)16-7-9-20(3)15(18(12)16)4-5-17(20)22/h11-12,15-18,22H,4-10H2,1-3H3/t12-,15+,16+,17+,18+,19+,20+/m1/s1. The number of allylic oxidation sites excluding steroid dienone is 1. The molecule has 0 aromatic rings. The van der Waals surface area contributed by atoms with Gasteiger partial charge in [-0.1, -0.05) is 26.3 Å². The summed E-state index contributed by atoms with van der Waals surface area (Å²) in [4.78, 5) is 11.9. The molecule has 2 heteroatoms. The second kappa shape index (κ2) is 4.69. The van der Waals surface area contributed by atoms with Crippen LogP contribution in [0.25, 0.3) is 0 Å². The number of carbonyl (C=O) groups excluding carboxylic acids is 1. The van der Waals surface area contributed by atoms with Crippen molar-refractivity contribution in [3.8, 4) is 0 Å². The van der Waals surface area contributed by atoms with E-state index in [1.165, 1.54) is 24.8 Å². The summed E-state index contributed by atoms with van der Waals surface area (Å²) in [6.45, 7) is 7.17. The number of hydrogen-bond donors (Lipinski definition) is 1. The Morgan fingerprint density at radius 2 is 1.91 bits per heavy atom. The lowest BCUT2D eigenvalue weighted by Crippen LogP contribution is -2.53. The van der Waals surface area contributed by atoms with Gasteiger partial charge < -0.3 is 5.11 Å². The predicted molar refractivity (Wildman–Crippen MR) is 87.3 cm³/mol. The highest BCUT2D eigenvalue weighted by molar-refractivity contribution is 5.91. The summed E-state index contributed by atoms with van der Waals surface area (Å²) in [7, 11) is 0. The van der Waals surface area contributed by atoms with Gasteiger partial charge in [0, 0.05) is 6.42 Å². The smallest absolute Gasteiger partial charge is 0.155 e. The van der Waals surface area contributed by atoms with Crippen LogP contribution in [0.5, 0.6) is 0 Å². The van der Waals surface area contributed by atoms with Crippen LogP contribution in [-0.4, -0.2) is 17.0 Å². The van der Waals surface area contributed by atoms with E-state index in [2.05, 4.69) is 20.8 Å². The molecule has 122 valence electrons. The van der Waals surface area contributed by atoms with Gasteiger partial charge in [-0.2, -0.15) is 0 Å². The maximum Gasteiger partial charge on any atom is 0.155 e. The van der Waals surface area contributed by atoms with Crippen LogP contribution in [0.15, 0.2) is 11.6 Å². The molecule has 4 aliphatic carbocycles. The van der Waals surface area contributed by atoms with E-state index in [0.717, 1.165) is 37.5 Å². The number of hydrogen-bond acceptors (Lipinski definition) is 2. The van der Waals surface area contributed by atoms with Crippen molar-refractivity contribution in [3.63, 3.8) is 0 Å². The molecule has 7 atom stereocenters. The van der Waals surface area contributed by atoms with Crippen molar-refractivity contribution < 1.29 is 9.90 Å². The Morgan fingerprint density at radius 1 is 1.14 bits per heavy atom. The zero-order valence-corrected chi connectivity index (χ0v) is 14.3. The molecule has 0 heterocycles. The molecule has 0 unspecified atom stereocenters. The maximum absolute atomic E-state index is 11.9. The van der Waals surface area contributed by atoms with Crippen molar-refractivity contribution in [1.29, 1.82) is 0 Å². The number of aliphatic hydroxyl groups excluding tert-OH is 1. The van der Waals surface area contributed by atoms with Crippen LogP contribution >= 0.6 is 0 Å². The van der Waals surface area contributed by atoms with E-state index < -0.39 is 0 Å². The number of carbonyl (C=O) groups is 1. The molecule has 22 heavy (non-hydrogen) atoms. The largest absolute Gasteiger partial charge is 0.393 e. The van der Waals surface area contributed by atoms with Gasteiger partial charge in [0.25, 0.3) is 0 Å². The Labute approximate surface area is 134 Å². The molecule has 0 aromatic heterocycles. The summed E-state index contributed by atoms with van der Waals surface area (Å²) in [6.07, 6.45) is 9.40. The van der Waals surface area contributed by atoms with E-state index in [9.17, 15) is 9.90 Å². The van der Waals surface area contributed by atoms with Gasteiger partial charge in [0.1, 0.15) is 0 Å². The minimum atomic E-state index is -0.0941. The van der Waals surface area contributed by atoms with Crippen molar-refractivity contribution in [2.45, 2.75) is 71.8 Å². The third-order valence-corrected chi connectivity index (χ3v) is 8.26. The van der Waals surface area contributed by atoms with Crippen LogP contribution in [0.4, 0.5) is 0 Å². The van der Waals surface area contributed by atoms with Crippen LogP contribution in [0.2, 0.25) is 0 Å². The van der Waals surface area contributed by atoms with E-state index in [1.54, 1.807) is 0 Å². The quantitative estimate of drug-likeness (QED) is 0.730. The lowest BCUT2D eigenvalue weighted by Gasteiger charge is -2.59. The van der Waals surface area contributed by atoms with Crippen molar-refractivity contribution in [2.75, 3.05) is 0 Å². The highest BCUT2D eigenvalue weighted by atomic mass is 16.3. The lowest BCUT2D eigenvalue weighted by atomic mass is 9.45. The second-order valence-electron chi connectivity index (χ2n) is 9.16. The monoisotopic (exact) mass is 302 g/mol. The first-order chi connectivity index (χ1) is 10.4. The summed E-state index contributed by atoms with van der Waals surface area (Å²) in [6, 6.07) is 0. The maximum atomic E-state index is 11.9. The molecule has 0 aromatic carbocycles. The third kappa shape index (κ3) is 1.79. The average molecular weight is 302 g/mol. The fraction of sp³-hybridized carbons (Fsp3) is 0.850. The fourth-order valence-electron chi connectivity index (χ4n) is 6.88. The van der Waals surface area contributed by atoms with Gasteiger partial charge >= 0.3 is 0 Å². The zero-order chi connectivity index (χ0) is 15.7. The Bertz CT molecular complexity index is 536. The van der Waals surface area contributed by atoms with E-state index >= 15 is 0 Å². The van der Waals surface area contributed by atoms with Gasteiger partial charge in [0.15, 0.2) is 5.78 Å². The average Bonchev–Trinajstić information content (AvgIpc) is 2.77. The Balaban J connectivity index is 1.74. The molecular weight excluding hydrogens is 272 g/mol. The molecule has 0 amide bonds. The summed E-state index contributed by atoms with van der Waals surface area (Å²) in [5, 5.41) is 10.5. The van der Waals surface area contributed by atoms with Crippen molar-refractivity contribution in [2.24, 2.45) is 34.5 Å². The first kappa shape index (κ1) is 14.9. The Morgan fingerprint density at radius 3 is 2.68 bits per heavy atom. The van der Waals surface area contributed by atoms with E-state index in [1.807, 2.05) is 6.08 Å². The minimum Gasteiger partial charge on any atom is -0.393 e. The molecule has 4 aliphatic rings. The van der Waals surface area contributed by atoms with E-state index in [-0.39, 0.29) is 16.9 Å². The molecule has 2 nitrogen and oxygen atoms in total. The van der Waals surface area contributed by atoms with Gasteiger partial charge in [-0.15, -0.1) is 0 Å². The summed E-state index contributed by atoms with van der Waals surface area (Å²) in [5.41, 5.74) is 1.84. The van der Waals surface area contributed by atoms with Crippen LogP contribution < -0.4 is 0 Å². The topological polar surface area (TPSA) is 37.3 Å². The molecule has 3 fully saturated rings. The van der Waals surface area contributed by atoms with Crippen LogP contribution in [0.3, 0.4) is 0 Å². The van der Waals surface area contributed by atoms with Gasteiger partial charge in [-0.3, -0.25) is 4.79 Å².